The first-order valence-electron chi connectivity index (χ1n) is 7.94. The summed E-state index contributed by atoms with van der Waals surface area (Å²) in [7, 11) is 0. The minimum absolute atomic E-state index is 0.311. The average molecular weight is 270 g/mol. The van der Waals surface area contributed by atoms with Crippen molar-refractivity contribution in [2.45, 2.75) is 44.2 Å². The van der Waals surface area contributed by atoms with E-state index in [2.05, 4.69) is 21.9 Å². The Labute approximate surface area is 120 Å². The van der Waals surface area contributed by atoms with Crippen LogP contribution in [0.4, 0.5) is 5.69 Å². The number of piperidine rings is 1. The molecule has 4 rings (SSSR count). The number of para-hydroxylation sites is 1. The number of rotatable bonds is 3. The van der Waals surface area contributed by atoms with Gasteiger partial charge < -0.3 is 4.90 Å². The second-order valence-corrected chi connectivity index (χ2v) is 6.50. The molecule has 0 bridgehead atoms. The van der Waals surface area contributed by atoms with E-state index < -0.39 is 0 Å². The van der Waals surface area contributed by atoms with Gasteiger partial charge in [0.1, 0.15) is 0 Å². The minimum atomic E-state index is 0.311. The number of benzene rings is 1. The topological polar surface area (TPSA) is 23.6 Å². The van der Waals surface area contributed by atoms with Crippen LogP contribution in [0.3, 0.4) is 0 Å². The molecular weight excluding hydrogens is 248 g/mol. The Bertz CT molecular complexity index is 497. The summed E-state index contributed by atoms with van der Waals surface area (Å²) in [5.74, 6) is 1.25. The second kappa shape index (κ2) is 4.88. The highest BCUT2D eigenvalue weighted by Gasteiger charge is 2.44. The lowest BCUT2D eigenvalue weighted by Gasteiger charge is -2.40. The highest BCUT2D eigenvalue weighted by molar-refractivity contribution is 5.95. The summed E-state index contributed by atoms with van der Waals surface area (Å²) in [6, 6.07) is 11.2. The van der Waals surface area contributed by atoms with Crippen molar-refractivity contribution < 1.29 is 4.79 Å². The lowest BCUT2D eigenvalue weighted by atomic mass is 9.95. The first kappa shape index (κ1) is 12.4. The van der Waals surface area contributed by atoms with Crippen LogP contribution in [0.25, 0.3) is 0 Å². The molecule has 2 saturated heterocycles. The van der Waals surface area contributed by atoms with Crippen LogP contribution in [0.15, 0.2) is 30.3 Å². The standard InChI is InChI=1S/C17H22N2O/c20-17-9-8-15-16(10-11-18(15)12-13-6-7-13)19(17)14-4-2-1-3-5-14/h1-5,13,15-16H,6-12H2/t15-,16-/m1/s1. The molecule has 0 radical (unpaired) electrons. The van der Waals surface area contributed by atoms with Gasteiger partial charge >= 0.3 is 0 Å². The molecule has 0 N–H and O–H groups in total. The second-order valence-electron chi connectivity index (χ2n) is 6.50. The monoisotopic (exact) mass is 270 g/mol. The summed E-state index contributed by atoms with van der Waals surface area (Å²) >= 11 is 0. The Morgan fingerprint density at radius 3 is 2.55 bits per heavy atom. The average Bonchev–Trinajstić information content (AvgIpc) is 3.20. The van der Waals surface area contributed by atoms with Crippen LogP contribution in [-0.4, -0.2) is 36.0 Å². The van der Waals surface area contributed by atoms with Crippen molar-refractivity contribution >= 4 is 11.6 Å². The van der Waals surface area contributed by atoms with Gasteiger partial charge in [0.25, 0.3) is 0 Å². The number of amides is 1. The van der Waals surface area contributed by atoms with Crippen LogP contribution in [0, 0.1) is 5.92 Å². The van der Waals surface area contributed by atoms with Crippen molar-refractivity contribution in [1.82, 2.24) is 4.90 Å². The van der Waals surface area contributed by atoms with Gasteiger partial charge in [-0.25, -0.2) is 0 Å². The third-order valence-electron chi connectivity index (χ3n) is 5.10. The summed E-state index contributed by atoms with van der Waals surface area (Å²) in [4.78, 5) is 17.1. The Kier molecular flexibility index (Phi) is 3.03. The predicted octanol–water partition coefficient (Wildman–Crippen LogP) is 2.67. The molecule has 1 amide bonds. The Morgan fingerprint density at radius 1 is 1.00 bits per heavy atom. The third kappa shape index (κ3) is 2.14. The van der Waals surface area contributed by atoms with E-state index in [0.717, 1.165) is 24.4 Å². The SMILES string of the molecule is O=C1CC[C@@H]2[C@@H](CCN2CC2CC2)N1c1ccccc1. The van der Waals surface area contributed by atoms with Crippen molar-refractivity contribution in [2.75, 3.05) is 18.0 Å². The molecule has 3 aliphatic rings. The van der Waals surface area contributed by atoms with Gasteiger partial charge in [0.2, 0.25) is 5.91 Å². The molecule has 3 fully saturated rings. The minimum Gasteiger partial charge on any atom is -0.308 e. The molecule has 0 aromatic heterocycles. The molecule has 1 saturated carbocycles. The van der Waals surface area contributed by atoms with E-state index in [-0.39, 0.29) is 0 Å². The fourth-order valence-electron chi connectivity index (χ4n) is 3.94. The fraction of sp³-hybridized carbons (Fsp3) is 0.588. The smallest absolute Gasteiger partial charge is 0.227 e. The van der Waals surface area contributed by atoms with Crippen LogP contribution in [0.2, 0.25) is 0 Å². The summed E-state index contributed by atoms with van der Waals surface area (Å²) in [5, 5.41) is 0. The largest absolute Gasteiger partial charge is 0.308 e. The predicted molar refractivity (Wildman–Crippen MR) is 79.7 cm³/mol. The number of nitrogens with zero attached hydrogens (tertiary/aromatic N) is 2. The summed E-state index contributed by atoms with van der Waals surface area (Å²) in [6.45, 7) is 2.43. The molecule has 3 heteroatoms. The quantitative estimate of drug-likeness (QED) is 0.843. The number of anilines is 1. The fourth-order valence-corrected chi connectivity index (χ4v) is 3.94. The van der Waals surface area contributed by atoms with Crippen molar-refractivity contribution in [3.05, 3.63) is 30.3 Å². The van der Waals surface area contributed by atoms with E-state index in [1.807, 2.05) is 18.2 Å². The maximum atomic E-state index is 12.4. The Morgan fingerprint density at radius 2 is 1.80 bits per heavy atom. The van der Waals surface area contributed by atoms with Gasteiger partial charge in [-0.3, -0.25) is 9.69 Å². The Hall–Kier alpha value is -1.35. The molecule has 0 unspecified atom stereocenters. The molecule has 1 aromatic carbocycles. The zero-order valence-corrected chi connectivity index (χ0v) is 11.9. The molecule has 0 spiro atoms. The lowest BCUT2D eigenvalue weighted by Crippen LogP contribution is -2.52. The molecule has 2 heterocycles. The number of hydrogen-bond donors (Lipinski definition) is 0. The van der Waals surface area contributed by atoms with Crippen LogP contribution in [-0.2, 0) is 4.79 Å². The highest BCUT2D eigenvalue weighted by atomic mass is 16.2. The van der Waals surface area contributed by atoms with E-state index in [1.165, 1.54) is 25.9 Å². The van der Waals surface area contributed by atoms with Crippen molar-refractivity contribution in [3.63, 3.8) is 0 Å². The van der Waals surface area contributed by atoms with Gasteiger partial charge in [0, 0.05) is 31.2 Å². The van der Waals surface area contributed by atoms with Crippen LogP contribution < -0.4 is 4.90 Å². The zero-order valence-electron chi connectivity index (χ0n) is 11.9. The summed E-state index contributed by atoms with van der Waals surface area (Å²) < 4.78 is 0. The van der Waals surface area contributed by atoms with Crippen molar-refractivity contribution in [2.24, 2.45) is 5.92 Å². The molecule has 3 nitrogen and oxygen atoms in total. The van der Waals surface area contributed by atoms with E-state index in [0.29, 0.717) is 24.4 Å². The number of hydrogen-bond acceptors (Lipinski definition) is 2. The number of fused-ring (bicyclic) bond motifs is 1. The van der Waals surface area contributed by atoms with Gasteiger partial charge in [-0.05, 0) is 43.7 Å². The van der Waals surface area contributed by atoms with Gasteiger partial charge in [0.05, 0.1) is 6.04 Å². The van der Waals surface area contributed by atoms with Gasteiger partial charge in [0.15, 0.2) is 0 Å². The molecular formula is C17H22N2O. The molecule has 2 atom stereocenters. The summed E-state index contributed by atoms with van der Waals surface area (Å²) in [6.07, 6.45) is 5.72. The molecule has 20 heavy (non-hydrogen) atoms. The summed E-state index contributed by atoms with van der Waals surface area (Å²) in [5.41, 5.74) is 1.08. The number of likely N-dealkylation sites (tertiary alicyclic amines) is 1. The highest BCUT2D eigenvalue weighted by Crippen LogP contribution is 2.38. The molecule has 1 aliphatic carbocycles. The third-order valence-corrected chi connectivity index (χ3v) is 5.10. The number of carbonyl (C=O) groups is 1. The van der Waals surface area contributed by atoms with Crippen LogP contribution >= 0.6 is 0 Å². The van der Waals surface area contributed by atoms with Crippen molar-refractivity contribution in [3.8, 4) is 0 Å². The Balaban J connectivity index is 1.57. The van der Waals surface area contributed by atoms with Crippen LogP contribution in [0.1, 0.15) is 32.1 Å². The first-order valence-corrected chi connectivity index (χ1v) is 7.94. The molecule has 1 aromatic rings. The van der Waals surface area contributed by atoms with Gasteiger partial charge in [-0.1, -0.05) is 18.2 Å². The number of carbonyl (C=O) groups excluding carboxylic acids is 1. The van der Waals surface area contributed by atoms with E-state index in [4.69, 9.17) is 0 Å². The maximum absolute atomic E-state index is 12.4. The molecule has 2 aliphatic heterocycles. The van der Waals surface area contributed by atoms with E-state index >= 15 is 0 Å². The van der Waals surface area contributed by atoms with E-state index in [1.54, 1.807) is 0 Å². The maximum Gasteiger partial charge on any atom is 0.227 e. The normalized spacial score (nSPS) is 30.6. The van der Waals surface area contributed by atoms with Crippen LogP contribution in [0.5, 0.6) is 0 Å². The zero-order chi connectivity index (χ0) is 13.5. The van der Waals surface area contributed by atoms with Gasteiger partial charge in [-0.15, -0.1) is 0 Å². The molecule has 106 valence electrons. The van der Waals surface area contributed by atoms with Crippen molar-refractivity contribution in [1.29, 1.82) is 0 Å². The van der Waals surface area contributed by atoms with E-state index in [9.17, 15) is 4.79 Å². The van der Waals surface area contributed by atoms with Gasteiger partial charge in [-0.2, -0.15) is 0 Å². The first-order chi connectivity index (χ1) is 9.83. The lowest BCUT2D eigenvalue weighted by molar-refractivity contribution is -0.120.